The van der Waals surface area contributed by atoms with Crippen LogP contribution in [0.5, 0.6) is 0 Å². The van der Waals surface area contributed by atoms with Crippen molar-refractivity contribution in [2.24, 2.45) is 5.41 Å². The summed E-state index contributed by atoms with van der Waals surface area (Å²) in [5, 5.41) is 4.22. The van der Waals surface area contributed by atoms with Crippen LogP contribution in [-0.4, -0.2) is 21.8 Å². The largest absolute Gasteiger partial charge is 0.360 e. The van der Waals surface area contributed by atoms with Crippen molar-refractivity contribution in [3.63, 3.8) is 0 Å². The fourth-order valence-corrected chi connectivity index (χ4v) is 2.23. The van der Waals surface area contributed by atoms with Crippen molar-refractivity contribution in [1.29, 1.82) is 0 Å². The Kier molecular flexibility index (Phi) is 2.69. The molecule has 1 fully saturated rings. The van der Waals surface area contributed by atoms with E-state index < -0.39 is 0 Å². The molecule has 0 atom stereocenters. The molecular weight excluding hydrogens is 206 g/mol. The summed E-state index contributed by atoms with van der Waals surface area (Å²) in [6.07, 6.45) is 5.28. The molecule has 0 unspecified atom stereocenters. The van der Waals surface area contributed by atoms with Gasteiger partial charge in [0.1, 0.15) is 6.33 Å². The quantitative estimate of drug-likeness (QED) is 0.770. The number of hydrogen-bond donors (Lipinski definition) is 1. The molecule has 3 nitrogen and oxygen atoms in total. The molecule has 0 spiro atoms. The Morgan fingerprint density at radius 3 is 3.00 bits per heavy atom. The molecule has 1 aliphatic rings. The first kappa shape index (κ1) is 9.21. The first-order valence-corrected chi connectivity index (χ1v) is 5.72. The normalized spacial score (nSPS) is 18.5. The zero-order valence-corrected chi connectivity index (χ0v) is 8.87. The topological polar surface area (TPSA) is 37.8 Å². The van der Waals surface area contributed by atoms with Crippen LogP contribution in [0.4, 0.5) is 5.13 Å². The SMILES string of the molecule is ClCCC1(CNc2ncns2)CC1. The van der Waals surface area contributed by atoms with Gasteiger partial charge in [-0.2, -0.15) is 4.37 Å². The van der Waals surface area contributed by atoms with E-state index in [-0.39, 0.29) is 0 Å². The van der Waals surface area contributed by atoms with E-state index in [1.807, 2.05) is 0 Å². The highest BCUT2D eigenvalue weighted by Gasteiger charge is 2.41. The van der Waals surface area contributed by atoms with Gasteiger partial charge >= 0.3 is 0 Å². The second-order valence-corrected chi connectivity index (χ2v) is 4.70. The standard InChI is InChI=1S/C8H12ClN3S/c9-4-3-8(1-2-8)5-10-7-11-6-12-13-7/h6H,1-5H2,(H,10,11,12). The number of anilines is 1. The van der Waals surface area contributed by atoms with Crippen LogP contribution in [0.25, 0.3) is 0 Å². The third kappa shape index (κ3) is 2.31. The molecular formula is C8H12ClN3S. The lowest BCUT2D eigenvalue weighted by atomic mass is 10.0. The summed E-state index contributed by atoms with van der Waals surface area (Å²) in [5.41, 5.74) is 0.466. The lowest BCUT2D eigenvalue weighted by Crippen LogP contribution is -2.15. The molecule has 1 aromatic heterocycles. The number of hydrogen-bond acceptors (Lipinski definition) is 4. The maximum Gasteiger partial charge on any atom is 0.202 e. The number of alkyl halides is 1. The fraction of sp³-hybridized carbons (Fsp3) is 0.750. The van der Waals surface area contributed by atoms with Crippen LogP contribution in [0.15, 0.2) is 6.33 Å². The van der Waals surface area contributed by atoms with Crippen LogP contribution in [0, 0.1) is 5.41 Å². The molecule has 1 N–H and O–H groups in total. The zero-order chi connectivity index (χ0) is 9.15. The van der Waals surface area contributed by atoms with E-state index in [2.05, 4.69) is 14.7 Å². The summed E-state index contributed by atoms with van der Waals surface area (Å²) in [6.45, 7) is 0.995. The van der Waals surface area contributed by atoms with Gasteiger partial charge in [0.05, 0.1) is 0 Å². The van der Waals surface area contributed by atoms with E-state index in [9.17, 15) is 0 Å². The first-order valence-electron chi connectivity index (χ1n) is 4.41. The molecule has 0 saturated heterocycles. The van der Waals surface area contributed by atoms with Crippen LogP contribution in [-0.2, 0) is 0 Å². The lowest BCUT2D eigenvalue weighted by Gasteiger charge is -2.12. The van der Waals surface area contributed by atoms with E-state index >= 15 is 0 Å². The molecule has 0 amide bonds. The third-order valence-electron chi connectivity index (χ3n) is 2.56. The Morgan fingerprint density at radius 2 is 2.46 bits per heavy atom. The maximum atomic E-state index is 5.73. The van der Waals surface area contributed by atoms with Crippen molar-refractivity contribution in [1.82, 2.24) is 9.36 Å². The highest BCUT2D eigenvalue weighted by molar-refractivity contribution is 7.09. The van der Waals surface area contributed by atoms with Crippen LogP contribution < -0.4 is 5.32 Å². The molecule has 1 saturated carbocycles. The molecule has 0 aromatic carbocycles. The highest BCUT2D eigenvalue weighted by Crippen LogP contribution is 2.48. The molecule has 0 radical (unpaired) electrons. The van der Waals surface area contributed by atoms with E-state index in [1.165, 1.54) is 24.4 Å². The summed E-state index contributed by atoms with van der Waals surface area (Å²) in [4.78, 5) is 4.07. The molecule has 1 heterocycles. The number of nitrogens with zero attached hydrogens (tertiary/aromatic N) is 2. The van der Waals surface area contributed by atoms with Gasteiger partial charge in [-0.25, -0.2) is 4.98 Å². The average Bonchev–Trinajstić information content (AvgIpc) is 2.71. The zero-order valence-electron chi connectivity index (χ0n) is 7.29. The maximum absolute atomic E-state index is 5.73. The summed E-state index contributed by atoms with van der Waals surface area (Å²) >= 11 is 7.14. The summed E-state index contributed by atoms with van der Waals surface area (Å²) in [6, 6.07) is 0. The molecule has 1 aromatic rings. The van der Waals surface area contributed by atoms with E-state index in [4.69, 9.17) is 11.6 Å². The average molecular weight is 218 g/mol. The van der Waals surface area contributed by atoms with Gasteiger partial charge in [0.2, 0.25) is 5.13 Å². The smallest absolute Gasteiger partial charge is 0.202 e. The van der Waals surface area contributed by atoms with Crippen LogP contribution >= 0.6 is 23.1 Å². The molecule has 1 aliphatic carbocycles. The summed E-state index contributed by atoms with van der Waals surface area (Å²) in [5.74, 6) is 0.762. The molecule has 2 rings (SSSR count). The first-order chi connectivity index (χ1) is 6.35. The Morgan fingerprint density at radius 1 is 1.62 bits per heavy atom. The summed E-state index contributed by atoms with van der Waals surface area (Å²) < 4.78 is 3.93. The second kappa shape index (κ2) is 3.80. The number of rotatable bonds is 5. The second-order valence-electron chi connectivity index (χ2n) is 3.54. The van der Waals surface area contributed by atoms with E-state index in [0.717, 1.165) is 24.0 Å². The van der Waals surface area contributed by atoms with Gasteiger partial charge in [0.25, 0.3) is 0 Å². The van der Waals surface area contributed by atoms with Gasteiger partial charge in [-0.15, -0.1) is 11.6 Å². The van der Waals surface area contributed by atoms with Gasteiger partial charge in [0.15, 0.2) is 0 Å². The van der Waals surface area contributed by atoms with Crippen molar-refractivity contribution in [2.75, 3.05) is 17.7 Å². The van der Waals surface area contributed by atoms with Crippen LogP contribution in [0.1, 0.15) is 19.3 Å². The predicted molar refractivity (Wildman–Crippen MR) is 55.4 cm³/mol. The molecule has 0 aliphatic heterocycles. The number of nitrogens with one attached hydrogen (secondary N) is 1. The highest BCUT2D eigenvalue weighted by atomic mass is 35.5. The molecule has 5 heteroatoms. The van der Waals surface area contributed by atoms with Crippen molar-refractivity contribution in [3.8, 4) is 0 Å². The minimum Gasteiger partial charge on any atom is -0.360 e. The van der Waals surface area contributed by atoms with Crippen LogP contribution in [0.2, 0.25) is 0 Å². The van der Waals surface area contributed by atoms with Crippen molar-refractivity contribution in [3.05, 3.63) is 6.33 Å². The Balaban J connectivity index is 1.79. The molecule has 0 bridgehead atoms. The van der Waals surface area contributed by atoms with Crippen molar-refractivity contribution < 1.29 is 0 Å². The van der Waals surface area contributed by atoms with Gasteiger partial charge < -0.3 is 5.32 Å². The Bertz CT molecular complexity index is 258. The lowest BCUT2D eigenvalue weighted by molar-refractivity contribution is 0.524. The fourth-order valence-electron chi connectivity index (χ4n) is 1.41. The Labute approximate surface area is 86.7 Å². The minimum absolute atomic E-state index is 0.466. The number of aromatic nitrogens is 2. The van der Waals surface area contributed by atoms with E-state index in [0.29, 0.717) is 5.41 Å². The van der Waals surface area contributed by atoms with E-state index in [1.54, 1.807) is 6.33 Å². The van der Waals surface area contributed by atoms with Crippen LogP contribution in [0.3, 0.4) is 0 Å². The van der Waals surface area contributed by atoms with Crippen molar-refractivity contribution >= 4 is 28.3 Å². The van der Waals surface area contributed by atoms with Gasteiger partial charge in [-0.3, -0.25) is 0 Å². The van der Waals surface area contributed by atoms with Gasteiger partial charge in [0, 0.05) is 24.0 Å². The third-order valence-corrected chi connectivity index (χ3v) is 3.37. The van der Waals surface area contributed by atoms with Gasteiger partial charge in [-0.05, 0) is 24.7 Å². The van der Waals surface area contributed by atoms with Gasteiger partial charge in [-0.1, -0.05) is 0 Å². The molecule has 13 heavy (non-hydrogen) atoms. The van der Waals surface area contributed by atoms with Crippen molar-refractivity contribution in [2.45, 2.75) is 19.3 Å². The number of halogens is 1. The minimum atomic E-state index is 0.466. The monoisotopic (exact) mass is 217 g/mol. The predicted octanol–water partition coefficient (Wildman–Crippen LogP) is 2.36. The summed E-state index contributed by atoms with van der Waals surface area (Å²) in [7, 11) is 0. The Hall–Kier alpha value is -0.350. The molecule has 72 valence electrons.